The van der Waals surface area contributed by atoms with Crippen LogP contribution in [0.5, 0.6) is 0 Å². The van der Waals surface area contributed by atoms with Crippen molar-refractivity contribution in [1.82, 2.24) is 25.9 Å². The SMILES string of the molecule is O=C[C@H](CCC(=O)O)NC(=O)CCCCCCCCCCCCCCCCCc1nn[nH]n1. The molecule has 1 aromatic heterocycles. The van der Waals surface area contributed by atoms with Crippen molar-refractivity contribution < 1.29 is 19.5 Å². The number of carboxylic acid groups (broad SMARTS) is 1. The van der Waals surface area contributed by atoms with E-state index in [4.69, 9.17) is 5.11 Å². The van der Waals surface area contributed by atoms with Gasteiger partial charge in [-0.25, -0.2) is 0 Å². The summed E-state index contributed by atoms with van der Waals surface area (Å²) in [6.45, 7) is 0. The highest BCUT2D eigenvalue weighted by molar-refractivity contribution is 5.79. The highest BCUT2D eigenvalue weighted by atomic mass is 16.4. The van der Waals surface area contributed by atoms with E-state index in [-0.39, 0.29) is 18.7 Å². The molecule has 0 aliphatic carbocycles. The van der Waals surface area contributed by atoms with Crippen LogP contribution in [0.1, 0.15) is 121 Å². The van der Waals surface area contributed by atoms with Gasteiger partial charge in [-0.1, -0.05) is 88.7 Å². The van der Waals surface area contributed by atoms with Crippen LogP contribution >= 0.6 is 0 Å². The standard InChI is InChI=1S/C24H43N5O4/c30-20-21(18-19-24(32)33)25-23(31)17-15-13-11-9-7-5-3-1-2-4-6-8-10-12-14-16-22-26-28-29-27-22/h20-21H,1-19H2,(H,25,31)(H,32,33)(H,26,27,28,29)/t21-/m0/s1. The molecule has 0 bridgehead atoms. The minimum atomic E-state index is -0.962. The van der Waals surface area contributed by atoms with Crippen molar-refractivity contribution in [2.45, 2.75) is 128 Å². The number of aromatic nitrogens is 4. The Morgan fingerprint density at radius 3 is 1.79 bits per heavy atom. The maximum atomic E-state index is 11.8. The first kappa shape index (κ1) is 28.7. The highest BCUT2D eigenvalue weighted by Crippen LogP contribution is 2.14. The van der Waals surface area contributed by atoms with Crippen LogP contribution in [0, 0.1) is 0 Å². The highest BCUT2D eigenvalue weighted by Gasteiger charge is 2.12. The van der Waals surface area contributed by atoms with Crippen LogP contribution < -0.4 is 5.32 Å². The summed E-state index contributed by atoms with van der Waals surface area (Å²) in [5.74, 6) is -0.310. The third kappa shape index (κ3) is 17.9. The molecule has 0 fully saturated rings. The average Bonchev–Trinajstić information content (AvgIpc) is 3.32. The number of aldehydes is 1. The number of carbonyl (C=O) groups excluding carboxylic acids is 2. The Hall–Kier alpha value is -2.32. The zero-order valence-electron chi connectivity index (χ0n) is 20.1. The van der Waals surface area contributed by atoms with Gasteiger partial charge in [0, 0.05) is 19.3 Å². The Morgan fingerprint density at radius 1 is 0.818 bits per heavy atom. The minimum Gasteiger partial charge on any atom is -0.481 e. The molecule has 0 saturated carbocycles. The van der Waals surface area contributed by atoms with Crippen LogP contribution in [0.15, 0.2) is 0 Å². The van der Waals surface area contributed by atoms with Crippen LogP contribution in [-0.2, 0) is 20.8 Å². The molecule has 0 aromatic carbocycles. The molecule has 0 radical (unpaired) electrons. The number of unbranched alkanes of at least 4 members (excludes halogenated alkanes) is 14. The van der Waals surface area contributed by atoms with Gasteiger partial charge >= 0.3 is 5.97 Å². The van der Waals surface area contributed by atoms with Crippen LogP contribution in [0.4, 0.5) is 0 Å². The molecular weight excluding hydrogens is 422 g/mol. The summed E-state index contributed by atoms with van der Waals surface area (Å²) in [5.41, 5.74) is 0. The van der Waals surface area contributed by atoms with Gasteiger partial charge in [0.1, 0.15) is 6.29 Å². The Labute approximate surface area is 197 Å². The molecule has 0 spiro atoms. The molecular formula is C24H43N5O4. The first-order chi connectivity index (χ1) is 16.1. The van der Waals surface area contributed by atoms with Gasteiger partial charge in [0.15, 0.2) is 5.82 Å². The van der Waals surface area contributed by atoms with E-state index in [1.54, 1.807) is 0 Å². The predicted octanol–water partition coefficient (Wildman–Crippen LogP) is 4.53. The summed E-state index contributed by atoms with van der Waals surface area (Å²) in [6.07, 6.45) is 20.4. The summed E-state index contributed by atoms with van der Waals surface area (Å²) in [5, 5.41) is 25.2. The Balaban J connectivity index is 1.77. The minimum absolute atomic E-state index is 0.117. The van der Waals surface area contributed by atoms with Crippen LogP contribution in [-0.4, -0.2) is 49.9 Å². The van der Waals surface area contributed by atoms with Gasteiger partial charge in [0.25, 0.3) is 0 Å². The number of aliphatic carboxylic acids is 1. The number of carboxylic acids is 1. The van der Waals surface area contributed by atoms with E-state index in [1.165, 1.54) is 70.6 Å². The summed E-state index contributed by atoms with van der Waals surface area (Å²) < 4.78 is 0. The van der Waals surface area contributed by atoms with E-state index in [9.17, 15) is 14.4 Å². The fraction of sp³-hybridized carbons (Fsp3) is 0.833. The lowest BCUT2D eigenvalue weighted by molar-refractivity contribution is -0.137. The molecule has 9 nitrogen and oxygen atoms in total. The molecule has 0 saturated heterocycles. The topological polar surface area (TPSA) is 138 Å². The number of aromatic amines is 1. The van der Waals surface area contributed by atoms with E-state index in [0.29, 0.717) is 12.7 Å². The van der Waals surface area contributed by atoms with Crippen molar-refractivity contribution in [1.29, 1.82) is 0 Å². The maximum Gasteiger partial charge on any atom is 0.303 e. The second kappa shape index (κ2) is 20.3. The summed E-state index contributed by atoms with van der Waals surface area (Å²) in [4.78, 5) is 33.3. The van der Waals surface area contributed by atoms with E-state index in [2.05, 4.69) is 25.9 Å². The van der Waals surface area contributed by atoms with Crippen molar-refractivity contribution in [3.63, 3.8) is 0 Å². The quantitative estimate of drug-likeness (QED) is 0.159. The van der Waals surface area contributed by atoms with E-state index in [1.807, 2.05) is 0 Å². The van der Waals surface area contributed by atoms with Crippen LogP contribution in [0.3, 0.4) is 0 Å². The number of aryl methyl sites for hydroxylation is 1. The molecule has 1 rings (SSSR count). The Morgan fingerprint density at radius 2 is 1.33 bits per heavy atom. The lowest BCUT2D eigenvalue weighted by Crippen LogP contribution is -2.36. The molecule has 33 heavy (non-hydrogen) atoms. The van der Waals surface area contributed by atoms with Crippen molar-refractivity contribution >= 4 is 18.2 Å². The number of hydrogen-bond acceptors (Lipinski definition) is 6. The first-order valence-electron chi connectivity index (χ1n) is 12.8. The van der Waals surface area contributed by atoms with Crippen molar-refractivity contribution in [2.75, 3.05) is 0 Å². The number of nitrogens with one attached hydrogen (secondary N) is 2. The van der Waals surface area contributed by atoms with Gasteiger partial charge in [-0.05, 0) is 19.3 Å². The predicted molar refractivity (Wildman–Crippen MR) is 127 cm³/mol. The monoisotopic (exact) mass is 465 g/mol. The van der Waals surface area contributed by atoms with E-state index >= 15 is 0 Å². The van der Waals surface area contributed by atoms with Crippen molar-refractivity contribution in [3.05, 3.63) is 5.82 Å². The number of amides is 1. The summed E-state index contributed by atoms with van der Waals surface area (Å²) in [6, 6.07) is -0.692. The number of rotatable bonds is 23. The number of hydrogen-bond donors (Lipinski definition) is 3. The van der Waals surface area contributed by atoms with Crippen molar-refractivity contribution in [3.8, 4) is 0 Å². The molecule has 0 aliphatic heterocycles. The number of carbonyl (C=O) groups is 3. The third-order valence-corrected chi connectivity index (χ3v) is 5.87. The lowest BCUT2D eigenvalue weighted by Gasteiger charge is -2.11. The largest absolute Gasteiger partial charge is 0.481 e. The number of tetrazole rings is 1. The zero-order valence-corrected chi connectivity index (χ0v) is 20.1. The molecule has 3 N–H and O–H groups in total. The van der Waals surface area contributed by atoms with Crippen LogP contribution in [0.2, 0.25) is 0 Å². The van der Waals surface area contributed by atoms with Gasteiger partial charge in [-0.2, -0.15) is 5.21 Å². The molecule has 0 aliphatic rings. The molecule has 1 aromatic rings. The van der Waals surface area contributed by atoms with E-state index < -0.39 is 12.0 Å². The van der Waals surface area contributed by atoms with Gasteiger partial charge in [-0.15, -0.1) is 10.2 Å². The number of H-pyrrole nitrogens is 1. The second-order valence-corrected chi connectivity index (χ2v) is 8.87. The van der Waals surface area contributed by atoms with Gasteiger partial charge in [0.05, 0.1) is 6.04 Å². The smallest absolute Gasteiger partial charge is 0.303 e. The molecule has 1 amide bonds. The van der Waals surface area contributed by atoms with Gasteiger partial charge in [-0.3, -0.25) is 9.59 Å². The maximum absolute atomic E-state index is 11.8. The van der Waals surface area contributed by atoms with Crippen molar-refractivity contribution in [2.24, 2.45) is 0 Å². The Bertz CT molecular complexity index is 624. The molecule has 0 unspecified atom stereocenters. The molecule has 1 heterocycles. The molecule has 188 valence electrons. The fourth-order valence-electron chi connectivity index (χ4n) is 3.89. The first-order valence-corrected chi connectivity index (χ1v) is 12.8. The van der Waals surface area contributed by atoms with Crippen LogP contribution in [0.25, 0.3) is 0 Å². The third-order valence-electron chi connectivity index (χ3n) is 5.87. The average molecular weight is 466 g/mol. The Kier molecular flexibility index (Phi) is 17.7. The zero-order chi connectivity index (χ0) is 24.0. The molecule has 1 atom stereocenters. The summed E-state index contributed by atoms with van der Waals surface area (Å²) in [7, 11) is 0. The lowest BCUT2D eigenvalue weighted by atomic mass is 10.0. The second-order valence-electron chi connectivity index (χ2n) is 8.87. The van der Waals surface area contributed by atoms with E-state index in [0.717, 1.165) is 37.9 Å². The van der Waals surface area contributed by atoms with Gasteiger partial charge in [0.2, 0.25) is 5.91 Å². The summed E-state index contributed by atoms with van der Waals surface area (Å²) >= 11 is 0. The number of nitrogens with zero attached hydrogens (tertiary/aromatic N) is 3. The fourth-order valence-corrected chi connectivity index (χ4v) is 3.89. The molecule has 9 heteroatoms. The normalized spacial score (nSPS) is 11.9. The van der Waals surface area contributed by atoms with Gasteiger partial charge < -0.3 is 15.2 Å².